The summed E-state index contributed by atoms with van der Waals surface area (Å²) in [5.74, 6) is 0. The molecule has 0 aliphatic heterocycles. The van der Waals surface area contributed by atoms with Crippen molar-refractivity contribution in [2.24, 2.45) is 5.41 Å². The molecule has 1 N–H and O–H groups in total. The normalized spacial score (nSPS) is 11.1. The van der Waals surface area contributed by atoms with E-state index in [1.54, 1.807) is 0 Å². The summed E-state index contributed by atoms with van der Waals surface area (Å²) in [5.41, 5.74) is 0.920. The second-order valence-corrected chi connectivity index (χ2v) is 4.99. The standard InChI is InChI=1S/C13H17ClN2/c1-13(2,10-15)6-7-16-9-11-4-3-5-12(14)8-11/h3-5,8,16H,6-7,9H2,1-2H3. The maximum Gasteiger partial charge on any atom is 0.0684 e. The second kappa shape index (κ2) is 5.89. The number of rotatable bonds is 5. The van der Waals surface area contributed by atoms with Gasteiger partial charge in [0.15, 0.2) is 0 Å². The third-order valence-corrected chi connectivity index (χ3v) is 2.68. The van der Waals surface area contributed by atoms with Crippen LogP contribution in [0.5, 0.6) is 0 Å². The summed E-state index contributed by atoms with van der Waals surface area (Å²) in [6.07, 6.45) is 0.851. The van der Waals surface area contributed by atoms with Crippen LogP contribution in [0.1, 0.15) is 25.8 Å². The number of benzene rings is 1. The van der Waals surface area contributed by atoms with Gasteiger partial charge in [-0.05, 0) is 44.5 Å². The van der Waals surface area contributed by atoms with Crippen molar-refractivity contribution in [2.75, 3.05) is 6.54 Å². The van der Waals surface area contributed by atoms with Crippen molar-refractivity contribution in [1.82, 2.24) is 5.32 Å². The number of nitrogens with zero attached hydrogens (tertiary/aromatic N) is 1. The molecule has 0 atom stereocenters. The molecule has 0 spiro atoms. The molecular formula is C13H17ClN2. The van der Waals surface area contributed by atoms with E-state index in [-0.39, 0.29) is 5.41 Å². The van der Waals surface area contributed by atoms with Gasteiger partial charge < -0.3 is 5.32 Å². The van der Waals surface area contributed by atoms with Crippen LogP contribution in [0.15, 0.2) is 24.3 Å². The van der Waals surface area contributed by atoms with Gasteiger partial charge in [-0.3, -0.25) is 0 Å². The van der Waals surface area contributed by atoms with Gasteiger partial charge in [0.2, 0.25) is 0 Å². The van der Waals surface area contributed by atoms with Gasteiger partial charge in [-0.15, -0.1) is 0 Å². The predicted molar refractivity (Wildman–Crippen MR) is 67.2 cm³/mol. The molecule has 0 aromatic heterocycles. The summed E-state index contributed by atoms with van der Waals surface area (Å²) in [6, 6.07) is 10.1. The van der Waals surface area contributed by atoms with Crippen molar-refractivity contribution in [3.8, 4) is 6.07 Å². The third kappa shape index (κ3) is 4.65. The van der Waals surface area contributed by atoms with E-state index >= 15 is 0 Å². The largest absolute Gasteiger partial charge is 0.313 e. The van der Waals surface area contributed by atoms with Crippen molar-refractivity contribution in [3.05, 3.63) is 34.9 Å². The van der Waals surface area contributed by atoms with E-state index in [2.05, 4.69) is 11.4 Å². The van der Waals surface area contributed by atoms with Crippen LogP contribution in [0.2, 0.25) is 5.02 Å². The van der Waals surface area contributed by atoms with Crippen LogP contribution in [0.4, 0.5) is 0 Å². The van der Waals surface area contributed by atoms with E-state index in [4.69, 9.17) is 16.9 Å². The first kappa shape index (κ1) is 13.0. The summed E-state index contributed by atoms with van der Waals surface area (Å²) in [5, 5.41) is 12.9. The fourth-order valence-electron chi connectivity index (χ4n) is 1.34. The summed E-state index contributed by atoms with van der Waals surface area (Å²) in [4.78, 5) is 0. The maximum atomic E-state index is 8.85. The zero-order valence-electron chi connectivity index (χ0n) is 9.76. The van der Waals surface area contributed by atoms with Crippen LogP contribution in [0.25, 0.3) is 0 Å². The molecule has 1 aromatic carbocycles. The minimum Gasteiger partial charge on any atom is -0.313 e. The van der Waals surface area contributed by atoms with Gasteiger partial charge in [0.05, 0.1) is 11.5 Å². The number of hydrogen-bond donors (Lipinski definition) is 1. The molecule has 86 valence electrons. The molecule has 0 unspecified atom stereocenters. The fraction of sp³-hybridized carbons (Fsp3) is 0.462. The van der Waals surface area contributed by atoms with E-state index in [9.17, 15) is 0 Å². The molecule has 0 saturated heterocycles. The Hall–Kier alpha value is -1.04. The van der Waals surface area contributed by atoms with Crippen LogP contribution in [-0.4, -0.2) is 6.54 Å². The van der Waals surface area contributed by atoms with Crippen molar-refractivity contribution >= 4 is 11.6 Å². The lowest BCUT2D eigenvalue weighted by molar-refractivity contribution is 0.432. The number of halogens is 1. The van der Waals surface area contributed by atoms with Gasteiger partial charge in [-0.2, -0.15) is 5.26 Å². The molecule has 0 bridgehead atoms. The zero-order chi connectivity index (χ0) is 12.0. The Morgan fingerprint density at radius 2 is 2.19 bits per heavy atom. The third-order valence-electron chi connectivity index (χ3n) is 2.45. The van der Waals surface area contributed by atoms with E-state index in [0.29, 0.717) is 0 Å². The van der Waals surface area contributed by atoms with Crippen LogP contribution in [-0.2, 0) is 6.54 Å². The van der Waals surface area contributed by atoms with E-state index < -0.39 is 0 Å². The average Bonchev–Trinajstić information content (AvgIpc) is 2.25. The van der Waals surface area contributed by atoms with Crippen LogP contribution in [0, 0.1) is 16.7 Å². The topological polar surface area (TPSA) is 35.8 Å². The van der Waals surface area contributed by atoms with Crippen molar-refractivity contribution in [3.63, 3.8) is 0 Å². The first-order valence-electron chi connectivity index (χ1n) is 5.40. The molecule has 0 saturated carbocycles. The van der Waals surface area contributed by atoms with Crippen LogP contribution < -0.4 is 5.32 Å². The summed E-state index contributed by atoms with van der Waals surface area (Å²) >= 11 is 5.88. The Balaban J connectivity index is 2.29. The lowest BCUT2D eigenvalue weighted by atomic mass is 9.91. The van der Waals surface area contributed by atoms with Gasteiger partial charge in [-0.25, -0.2) is 0 Å². The van der Waals surface area contributed by atoms with Gasteiger partial charge >= 0.3 is 0 Å². The monoisotopic (exact) mass is 236 g/mol. The van der Waals surface area contributed by atoms with Gasteiger partial charge in [0, 0.05) is 11.6 Å². The van der Waals surface area contributed by atoms with Crippen molar-refractivity contribution in [2.45, 2.75) is 26.8 Å². The smallest absolute Gasteiger partial charge is 0.0684 e. The molecule has 1 rings (SSSR count). The molecule has 0 aliphatic carbocycles. The first-order chi connectivity index (χ1) is 7.53. The number of hydrogen-bond acceptors (Lipinski definition) is 2. The highest BCUT2D eigenvalue weighted by atomic mass is 35.5. The van der Waals surface area contributed by atoms with Crippen LogP contribution in [0.3, 0.4) is 0 Å². The molecular weight excluding hydrogens is 220 g/mol. The molecule has 16 heavy (non-hydrogen) atoms. The molecule has 0 fully saturated rings. The van der Waals surface area contributed by atoms with Gasteiger partial charge in [0.25, 0.3) is 0 Å². The maximum absolute atomic E-state index is 8.85. The second-order valence-electron chi connectivity index (χ2n) is 4.55. The highest BCUT2D eigenvalue weighted by Gasteiger charge is 2.15. The SMILES string of the molecule is CC(C)(C#N)CCNCc1cccc(Cl)c1. The Kier molecular flexibility index (Phi) is 4.79. The zero-order valence-corrected chi connectivity index (χ0v) is 10.5. The quantitative estimate of drug-likeness (QED) is 0.796. The Bertz CT molecular complexity index is 380. The molecule has 1 aromatic rings. The predicted octanol–water partition coefficient (Wildman–Crippen LogP) is 3.37. The van der Waals surface area contributed by atoms with E-state index in [1.807, 2.05) is 38.1 Å². The van der Waals surface area contributed by atoms with Crippen molar-refractivity contribution in [1.29, 1.82) is 5.26 Å². The Labute approximate surface area is 102 Å². The Morgan fingerprint density at radius 1 is 1.44 bits per heavy atom. The summed E-state index contributed by atoms with van der Waals surface area (Å²) < 4.78 is 0. The average molecular weight is 237 g/mol. The first-order valence-corrected chi connectivity index (χ1v) is 5.78. The minimum atomic E-state index is -0.249. The highest BCUT2D eigenvalue weighted by molar-refractivity contribution is 6.30. The van der Waals surface area contributed by atoms with Crippen LogP contribution >= 0.6 is 11.6 Å². The lowest BCUT2D eigenvalue weighted by Crippen LogP contribution is -2.21. The van der Waals surface area contributed by atoms with E-state index in [0.717, 1.165) is 24.5 Å². The molecule has 0 amide bonds. The lowest BCUT2D eigenvalue weighted by Gasteiger charge is -2.15. The molecule has 0 heterocycles. The molecule has 0 radical (unpaired) electrons. The number of nitriles is 1. The molecule has 2 nitrogen and oxygen atoms in total. The van der Waals surface area contributed by atoms with E-state index in [1.165, 1.54) is 5.56 Å². The van der Waals surface area contributed by atoms with Gasteiger partial charge in [0.1, 0.15) is 0 Å². The summed E-state index contributed by atoms with van der Waals surface area (Å²) in [6.45, 7) is 5.54. The van der Waals surface area contributed by atoms with Gasteiger partial charge in [-0.1, -0.05) is 23.7 Å². The highest BCUT2D eigenvalue weighted by Crippen LogP contribution is 2.17. The Morgan fingerprint density at radius 3 is 2.81 bits per heavy atom. The number of nitrogens with one attached hydrogen (secondary N) is 1. The molecule has 3 heteroatoms. The van der Waals surface area contributed by atoms with Crippen molar-refractivity contribution < 1.29 is 0 Å². The minimum absolute atomic E-state index is 0.249. The summed E-state index contributed by atoms with van der Waals surface area (Å²) in [7, 11) is 0. The molecule has 0 aliphatic rings. The fourth-order valence-corrected chi connectivity index (χ4v) is 1.55.